The summed E-state index contributed by atoms with van der Waals surface area (Å²) in [6.07, 6.45) is 1.05. The van der Waals surface area contributed by atoms with Gasteiger partial charge in [-0.25, -0.2) is 17.6 Å². The summed E-state index contributed by atoms with van der Waals surface area (Å²) in [5, 5.41) is 11.7. The number of aliphatic carboxylic acids is 1. The van der Waals surface area contributed by atoms with Gasteiger partial charge >= 0.3 is 5.97 Å². The molecular weight excluding hydrogens is 313 g/mol. The summed E-state index contributed by atoms with van der Waals surface area (Å²) in [6.45, 7) is 1.29. The second kappa shape index (κ2) is 6.87. The Labute approximate surface area is 128 Å². The van der Waals surface area contributed by atoms with Gasteiger partial charge in [-0.3, -0.25) is 4.79 Å². The molecule has 0 aromatic heterocycles. The van der Waals surface area contributed by atoms with Crippen LogP contribution in [0.3, 0.4) is 0 Å². The molecule has 1 amide bonds. The summed E-state index contributed by atoms with van der Waals surface area (Å²) >= 11 is 0. The van der Waals surface area contributed by atoms with Crippen LogP contribution in [0.5, 0.6) is 0 Å². The van der Waals surface area contributed by atoms with Gasteiger partial charge in [-0.2, -0.15) is 0 Å². The molecule has 0 spiro atoms. The molecule has 22 heavy (non-hydrogen) atoms. The number of benzene rings is 1. The maximum atomic E-state index is 12.9. The molecule has 1 aromatic rings. The van der Waals surface area contributed by atoms with Crippen LogP contribution >= 0.6 is 0 Å². The van der Waals surface area contributed by atoms with Crippen LogP contribution in [0, 0.1) is 5.82 Å². The van der Waals surface area contributed by atoms with Gasteiger partial charge in [-0.05, 0) is 31.0 Å². The average molecular weight is 331 g/mol. The minimum Gasteiger partial charge on any atom is -0.479 e. The first-order valence-electron chi connectivity index (χ1n) is 6.53. The van der Waals surface area contributed by atoms with Crippen molar-refractivity contribution in [3.05, 3.63) is 35.6 Å². The highest BCUT2D eigenvalue weighted by Crippen LogP contribution is 2.22. The molecule has 122 valence electrons. The average Bonchev–Trinajstić information content (AvgIpc) is 2.37. The van der Waals surface area contributed by atoms with Gasteiger partial charge in [0.05, 0.1) is 5.75 Å². The Morgan fingerprint density at radius 1 is 1.27 bits per heavy atom. The molecule has 6 nitrogen and oxygen atoms in total. The number of sulfone groups is 1. The molecule has 0 aliphatic carbocycles. The summed E-state index contributed by atoms with van der Waals surface area (Å²) in [4.78, 5) is 23.3. The number of rotatable bonds is 7. The zero-order chi connectivity index (χ0) is 17.0. The molecule has 0 aliphatic heterocycles. The lowest BCUT2D eigenvalue weighted by Crippen LogP contribution is -2.49. The second-order valence-corrected chi connectivity index (χ2v) is 7.48. The third kappa shape index (κ3) is 5.10. The Kier molecular flexibility index (Phi) is 5.65. The molecule has 1 atom stereocenters. The van der Waals surface area contributed by atoms with Crippen molar-refractivity contribution in [1.82, 2.24) is 5.32 Å². The van der Waals surface area contributed by atoms with E-state index in [4.69, 9.17) is 0 Å². The van der Waals surface area contributed by atoms with Crippen molar-refractivity contribution in [3.63, 3.8) is 0 Å². The summed E-state index contributed by atoms with van der Waals surface area (Å²) in [5.41, 5.74) is -1.49. The Hall–Kier alpha value is -1.96. The topological polar surface area (TPSA) is 101 Å². The number of hydrogen-bond acceptors (Lipinski definition) is 4. The monoisotopic (exact) mass is 331 g/mol. The smallest absolute Gasteiger partial charge is 0.333 e. The lowest BCUT2D eigenvalue weighted by molar-refractivity contribution is -0.147. The molecule has 0 saturated carbocycles. The molecule has 0 bridgehead atoms. The second-order valence-electron chi connectivity index (χ2n) is 5.22. The third-order valence-electron chi connectivity index (χ3n) is 3.16. The molecule has 0 heterocycles. The van der Waals surface area contributed by atoms with Gasteiger partial charge < -0.3 is 10.4 Å². The SMILES string of the molecule is CC(NC(=O)CCCS(C)(=O)=O)(C(=O)O)c1ccc(F)cc1. The Morgan fingerprint density at radius 2 is 1.82 bits per heavy atom. The fourth-order valence-electron chi connectivity index (χ4n) is 1.87. The number of nitrogens with one attached hydrogen (secondary N) is 1. The zero-order valence-electron chi connectivity index (χ0n) is 12.3. The first-order chi connectivity index (χ1) is 10.0. The maximum Gasteiger partial charge on any atom is 0.333 e. The van der Waals surface area contributed by atoms with Crippen molar-refractivity contribution in [1.29, 1.82) is 0 Å². The van der Waals surface area contributed by atoms with Crippen molar-refractivity contribution in [2.45, 2.75) is 25.3 Å². The van der Waals surface area contributed by atoms with E-state index < -0.39 is 33.1 Å². The highest BCUT2D eigenvalue weighted by molar-refractivity contribution is 7.90. The Bertz CT molecular complexity index is 656. The van der Waals surface area contributed by atoms with E-state index in [1.165, 1.54) is 19.1 Å². The number of carbonyl (C=O) groups is 2. The van der Waals surface area contributed by atoms with Gasteiger partial charge in [0.25, 0.3) is 0 Å². The van der Waals surface area contributed by atoms with E-state index >= 15 is 0 Å². The van der Waals surface area contributed by atoms with Crippen LogP contribution in [0.1, 0.15) is 25.3 Å². The summed E-state index contributed by atoms with van der Waals surface area (Å²) < 4.78 is 34.9. The van der Waals surface area contributed by atoms with Crippen LogP contribution in [0.2, 0.25) is 0 Å². The fourth-order valence-corrected chi connectivity index (χ4v) is 2.54. The first-order valence-corrected chi connectivity index (χ1v) is 8.59. The maximum absolute atomic E-state index is 12.9. The fraction of sp³-hybridized carbons (Fsp3) is 0.429. The number of amides is 1. The number of carboxylic acid groups (broad SMARTS) is 1. The van der Waals surface area contributed by atoms with E-state index in [9.17, 15) is 27.5 Å². The van der Waals surface area contributed by atoms with Crippen molar-refractivity contribution in [3.8, 4) is 0 Å². The van der Waals surface area contributed by atoms with Crippen LogP contribution in [-0.2, 0) is 25.0 Å². The van der Waals surface area contributed by atoms with Crippen molar-refractivity contribution < 1.29 is 27.5 Å². The predicted octanol–water partition coefficient (Wildman–Crippen LogP) is 1.07. The van der Waals surface area contributed by atoms with E-state index in [0.29, 0.717) is 0 Å². The standard InChI is InChI=1S/C14H18FNO5S/c1-14(13(18)19,10-5-7-11(15)8-6-10)16-12(17)4-3-9-22(2,20)21/h5-8H,3-4,9H2,1-2H3,(H,16,17)(H,18,19). The molecule has 1 rings (SSSR count). The van der Waals surface area contributed by atoms with E-state index in [1.807, 2.05) is 0 Å². The molecule has 8 heteroatoms. The largest absolute Gasteiger partial charge is 0.479 e. The van der Waals surface area contributed by atoms with Gasteiger partial charge in [0.15, 0.2) is 5.54 Å². The van der Waals surface area contributed by atoms with Crippen LogP contribution in [-0.4, -0.2) is 37.4 Å². The number of carbonyl (C=O) groups excluding carboxylic acids is 1. The van der Waals surface area contributed by atoms with Crippen molar-refractivity contribution >= 4 is 21.7 Å². The third-order valence-corrected chi connectivity index (χ3v) is 4.19. The normalized spacial score (nSPS) is 14.1. The van der Waals surface area contributed by atoms with Crippen LogP contribution in [0.15, 0.2) is 24.3 Å². The van der Waals surface area contributed by atoms with E-state index in [-0.39, 0.29) is 24.2 Å². The molecule has 0 aliphatic rings. The van der Waals surface area contributed by atoms with E-state index in [2.05, 4.69) is 5.32 Å². The Morgan fingerprint density at radius 3 is 2.27 bits per heavy atom. The van der Waals surface area contributed by atoms with Gasteiger partial charge in [-0.15, -0.1) is 0 Å². The highest BCUT2D eigenvalue weighted by Gasteiger charge is 2.36. The van der Waals surface area contributed by atoms with Crippen molar-refractivity contribution in [2.24, 2.45) is 0 Å². The molecule has 2 N–H and O–H groups in total. The molecule has 0 saturated heterocycles. The van der Waals surface area contributed by atoms with Gasteiger partial charge in [0, 0.05) is 12.7 Å². The van der Waals surface area contributed by atoms with Crippen molar-refractivity contribution in [2.75, 3.05) is 12.0 Å². The van der Waals surface area contributed by atoms with E-state index in [1.54, 1.807) is 0 Å². The van der Waals surface area contributed by atoms with Gasteiger partial charge in [-0.1, -0.05) is 12.1 Å². The number of halogens is 1. The number of carboxylic acids is 1. The lowest BCUT2D eigenvalue weighted by Gasteiger charge is -2.26. The quantitative estimate of drug-likeness (QED) is 0.778. The molecule has 1 aromatic carbocycles. The molecule has 0 fully saturated rings. The van der Waals surface area contributed by atoms with Gasteiger partial charge in [0.1, 0.15) is 15.7 Å². The zero-order valence-corrected chi connectivity index (χ0v) is 13.1. The lowest BCUT2D eigenvalue weighted by atomic mass is 9.91. The summed E-state index contributed by atoms with van der Waals surface area (Å²) in [6, 6.07) is 4.76. The van der Waals surface area contributed by atoms with Crippen LogP contribution in [0.4, 0.5) is 4.39 Å². The summed E-state index contributed by atoms with van der Waals surface area (Å²) in [7, 11) is -3.17. The Balaban J connectivity index is 2.81. The first kappa shape index (κ1) is 18.1. The summed E-state index contributed by atoms with van der Waals surface area (Å²) in [5.74, 6) is -2.55. The number of hydrogen-bond donors (Lipinski definition) is 2. The molecule has 1 unspecified atom stereocenters. The van der Waals surface area contributed by atoms with E-state index in [0.717, 1.165) is 18.4 Å². The van der Waals surface area contributed by atoms with Crippen LogP contribution in [0.25, 0.3) is 0 Å². The molecular formula is C14H18FNO5S. The van der Waals surface area contributed by atoms with Gasteiger partial charge in [0.2, 0.25) is 5.91 Å². The predicted molar refractivity (Wildman–Crippen MR) is 78.5 cm³/mol. The van der Waals surface area contributed by atoms with Crippen LogP contribution < -0.4 is 5.32 Å². The molecule has 0 radical (unpaired) electrons. The minimum atomic E-state index is -3.17. The minimum absolute atomic E-state index is 0.101. The highest BCUT2D eigenvalue weighted by atomic mass is 32.2.